The average molecular weight is 309 g/mol. The lowest BCUT2D eigenvalue weighted by atomic mass is 10.1. The van der Waals surface area contributed by atoms with Crippen LogP contribution in [-0.4, -0.2) is 5.91 Å². The minimum atomic E-state index is -0.245. The molecule has 1 amide bonds. The lowest BCUT2D eigenvalue weighted by Crippen LogP contribution is -2.26. The number of anilines is 1. The second-order valence-electron chi connectivity index (χ2n) is 4.46. The van der Waals surface area contributed by atoms with E-state index in [9.17, 15) is 4.79 Å². The molecule has 2 rings (SSSR count). The van der Waals surface area contributed by atoms with Crippen molar-refractivity contribution in [1.82, 2.24) is 5.32 Å². The standard InChI is InChI=1S/C15H14Cl2N2O/c1-9(10-5-3-2-4-6-10)19-15(20)11-7-12(16)14(18)13(17)8-11/h2-9H,18H2,1H3,(H,19,20)/t9-/m0/s1. The first-order valence-corrected chi connectivity index (χ1v) is 6.85. The number of nitrogens with one attached hydrogen (secondary N) is 1. The molecule has 0 unspecified atom stereocenters. The van der Waals surface area contributed by atoms with Gasteiger partial charge in [0.15, 0.2) is 0 Å². The molecule has 0 saturated carbocycles. The summed E-state index contributed by atoms with van der Waals surface area (Å²) in [6.07, 6.45) is 0. The zero-order chi connectivity index (χ0) is 14.7. The number of nitrogen functional groups attached to an aromatic ring is 1. The molecule has 0 heterocycles. The molecule has 3 nitrogen and oxygen atoms in total. The summed E-state index contributed by atoms with van der Waals surface area (Å²) in [5, 5.41) is 3.44. The Kier molecular flexibility index (Phi) is 4.53. The molecular formula is C15H14Cl2N2O. The molecule has 2 aromatic carbocycles. The first kappa shape index (κ1) is 14.7. The number of hydrogen-bond acceptors (Lipinski definition) is 2. The summed E-state index contributed by atoms with van der Waals surface area (Å²) in [7, 11) is 0. The minimum absolute atomic E-state index is 0.112. The zero-order valence-corrected chi connectivity index (χ0v) is 12.4. The number of benzene rings is 2. The van der Waals surface area contributed by atoms with Gasteiger partial charge in [-0.25, -0.2) is 0 Å². The number of halogens is 2. The fraction of sp³-hybridized carbons (Fsp3) is 0.133. The highest BCUT2D eigenvalue weighted by molar-refractivity contribution is 6.39. The summed E-state index contributed by atoms with van der Waals surface area (Å²) >= 11 is 11.9. The second-order valence-corrected chi connectivity index (χ2v) is 5.27. The first-order chi connectivity index (χ1) is 9.49. The highest BCUT2D eigenvalue weighted by Crippen LogP contribution is 2.29. The molecule has 0 aromatic heterocycles. The van der Waals surface area contributed by atoms with Crippen molar-refractivity contribution in [2.24, 2.45) is 0 Å². The fourth-order valence-electron chi connectivity index (χ4n) is 1.82. The lowest BCUT2D eigenvalue weighted by Gasteiger charge is -2.15. The number of rotatable bonds is 3. The van der Waals surface area contributed by atoms with Gasteiger partial charge in [-0.15, -0.1) is 0 Å². The molecule has 0 saturated heterocycles. The molecule has 20 heavy (non-hydrogen) atoms. The summed E-state index contributed by atoms with van der Waals surface area (Å²) in [4.78, 5) is 12.2. The van der Waals surface area contributed by atoms with Crippen molar-refractivity contribution in [3.05, 3.63) is 63.6 Å². The van der Waals surface area contributed by atoms with E-state index in [0.29, 0.717) is 5.56 Å². The fourth-order valence-corrected chi connectivity index (χ4v) is 2.31. The Bertz CT molecular complexity index is 606. The van der Waals surface area contributed by atoms with Gasteiger partial charge in [0.2, 0.25) is 0 Å². The van der Waals surface area contributed by atoms with Gasteiger partial charge in [-0.05, 0) is 24.6 Å². The van der Waals surface area contributed by atoms with Crippen LogP contribution in [0.2, 0.25) is 10.0 Å². The zero-order valence-electron chi connectivity index (χ0n) is 10.9. The van der Waals surface area contributed by atoms with Crippen LogP contribution >= 0.6 is 23.2 Å². The summed E-state index contributed by atoms with van der Waals surface area (Å²) in [6, 6.07) is 12.6. The molecule has 5 heteroatoms. The van der Waals surface area contributed by atoms with Crippen LogP contribution in [0.4, 0.5) is 5.69 Å². The molecule has 0 aliphatic carbocycles. The molecule has 104 valence electrons. The van der Waals surface area contributed by atoms with E-state index in [2.05, 4.69) is 5.32 Å². The number of hydrogen-bond donors (Lipinski definition) is 2. The Balaban J connectivity index is 2.17. The number of nitrogens with two attached hydrogens (primary N) is 1. The Morgan fingerprint density at radius 1 is 1.15 bits per heavy atom. The van der Waals surface area contributed by atoms with E-state index >= 15 is 0 Å². The van der Waals surface area contributed by atoms with Gasteiger partial charge in [-0.3, -0.25) is 4.79 Å². The number of amides is 1. The predicted octanol–water partition coefficient (Wildman–Crippen LogP) is 4.07. The van der Waals surface area contributed by atoms with Crippen molar-refractivity contribution < 1.29 is 4.79 Å². The molecular weight excluding hydrogens is 295 g/mol. The maximum absolute atomic E-state index is 12.2. The molecule has 0 bridgehead atoms. The van der Waals surface area contributed by atoms with Crippen LogP contribution in [0.5, 0.6) is 0 Å². The van der Waals surface area contributed by atoms with Gasteiger partial charge in [0.25, 0.3) is 5.91 Å². The van der Waals surface area contributed by atoms with Gasteiger partial charge in [0, 0.05) is 5.56 Å². The number of carbonyl (C=O) groups excluding carboxylic acids is 1. The number of carbonyl (C=O) groups is 1. The molecule has 3 N–H and O–H groups in total. The molecule has 0 spiro atoms. The van der Waals surface area contributed by atoms with Gasteiger partial charge in [0.05, 0.1) is 21.8 Å². The quantitative estimate of drug-likeness (QED) is 0.840. The highest BCUT2D eigenvalue weighted by atomic mass is 35.5. The van der Waals surface area contributed by atoms with Crippen molar-refractivity contribution in [2.75, 3.05) is 5.73 Å². The largest absolute Gasteiger partial charge is 0.396 e. The Morgan fingerprint density at radius 3 is 2.25 bits per heavy atom. The van der Waals surface area contributed by atoms with Crippen LogP contribution in [0.3, 0.4) is 0 Å². The van der Waals surface area contributed by atoms with Crippen LogP contribution in [-0.2, 0) is 0 Å². The van der Waals surface area contributed by atoms with Gasteiger partial charge >= 0.3 is 0 Å². The Labute approximate surface area is 127 Å². The maximum atomic E-state index is 12.2. The summed E-state index contributed by atoms with van der Waals surface area (Å²) in [5.41, 5.74) is 7.33. The van der Waals surface area contributed by atoms with Gasteiger partial charge in [0.1, 0.15) is 0 Å². The van der Waals surface area contributed by atoms with E-state index in [4.69, 9.17) is 28.9 Å². The van der Waals surface area contributed by atoms with Crippen molar-refractivity contribution in [1.29, 1.82) is 0 Å². The van der Waals surface area contributed by atoms with Gasteiger partial charge in [-0.1, -0.05) is 53.5 Å². The van der Waals surface area contributed by atoms with Crippen molar-refractivity contribution in [3.8, 4) is 0 Å². The monoisotopic (exact) mass is 308 g/mol. The normalized spacial score (nSPS) is 11.9. The van der Waals surface area contributed by atoms with E-state index < -0.39 is 0 Å². The Morgan fingerprint density at radius 2 is 1.70 bits per heavy atom. The third-order valence-corrected chi connectivity index (χ3v) is 3.61. The lowest BCUT2D eigenvalue weighted by molar-refractivity contribution is 0.0940. The van der Waals surface area contributed by atoms with E-state index in [0.717, 1.165) is 5.56 Å². The molecule has 0 radical (unpaired) electrons. The topological polar surface area (TPSA) is 55.1 Å². The molecule has 1 atom stereocenters. The average Bonchev–Trinajstić information content (AvgIpc) is 2.45. The smallest absolute Gasteiger partial charge is 0.251 e. The van der Waals surface area contributed by atoms with Crippen molar-refractivity contribution in [3.63, 3.8) is 0 Å². The SMILES string of the molecule is C[C@H](NC(=O)c1cc(Cl)c(N)c(Cl)c1)c1ccccc1. The third kappa shape index (κ3) is 3.24. The molecule has 2 aromatic rings. The predicted molar refractivity (Wildman–Crippen MR) is 83.2 cm³/mol. The molecule has 0 aliphatic heterocycles. The summed E-state index contributed by atoms with van der Waals surface area (Å²) < 4.78 is 0. The van der Waals surface area contributed by atoms with Crippen LogP contribution in [0.1, 0.15) is 28.9 Å². The molecule has 0 fully saturated rings. The second kappa shape index (κ2) is 6.16. The summed E-state index contributed by atoms with van der Waals surface area (Å²) in [5.74, 6) is -0.245. The highest BCUT2D eigenvalue weighted by Gasteiger charge is 2.14. The van der Waals surface area contributed by atoms with E-state index in [-0.39, 0.29) is 27.7 Å². The molecule has 0 aliphatic rings. The van der Waals surface area contributed by atoms with Crippen molar-refractivity contribution in [2.45, 2.75) is 13.0 Å². The van der Waals surface area contributed by atoms with Gasteiger partial charge < -0.3 is 11.1 Å². The first-order valence-electron chi connectivity index (χ1n) is 6.09. The van der Waals surface area contributed by atoms with E-state index in [1.807, 2.05) is 37.3 Å². The van der Waals surface area contributed by atoms with Crippen LogP contribution < -0.4 is 11.1 Å². The van der Waals surface area contributed by atoms with Crippen LogP contribution in [0, 0.1) is 0 Å². The van der Waals surface area contributed by atoms with Crippen LogP contribution in [0.15, 0.2) is 42.5 Å². The van der Waals surface area contributed by atoms with Crippen LogP contribution in [0.25, 0.3) is 0 Å². The van der Waals surface area contributed by atoms with E-state index in [1.165, 1.54) is 12.1 Å². The Hall–Kier alpha value is -1.71. The third-order valence-electron chi connectivity index (χ3n) is 2.99. The van der Waals surface area contributed by atoms with Crippen molar-refractivity contribution >= 4 is 34.8 Å². The maximum Gasteiger partial charge on any atom is 0.251 e. The van der Waals surface area contributed by atoms with Gasteiger partial charge in [-0.2, -0.15) is 0 Å². The summed E-state index contributed by atoms with van der Waals surface area (Å²) in [6.45, 7) is 1.91. The van der Waals surface area contributed by atoms with E-state index in [1.54, 1.807) is 0 Å². The minimum Gasteiger partial charge on any atom is -0.396 e.